The van der Waals surface area contributed by atoms with Gasteiger partial charge in [-0.25, -0.2) is 0 Å². The number of hydrogen-bond donors (Lipinski definition) is 1. The number of amides is 1. The summed E-state index contributed by atoms with van der Waals surface area (Å²) in [6, 6.07) is 17.3. The summed E-state index contributed by atoms with van der Waals surface area (Å²) in [5.74, 6) is 1.63. The fraction of sp³-hybridized carbons (Fsp3) is 0.290. The summed E-state index contributed by atoms with van der Waals surface area (Å²) in [7, 11) is 3.18. The highest BCUT2D eigenvalue weighted by Crippen LogP contribution is 2.39. The van der Waals surface area contributed by atoms with Crippen LogP contribution in [0.15, 0.2) is 58.2 Å². The van der Waals surface area contributed by atoms with Crippen LogP contribution in [0.2, 0.25) is 0 Å². The largest absolute Gasteiger partial charge is 0.493 e. The van der Waals surface area contributed by atoms with Gasteiger partial charge in [0.15, 0.2) is 11.5 Å². The number of nitrogens with zero attached hydrogens (tertiary/aromatic N) is 3. The van der Waals surface area contributed by atoms with Crippen LogP contribution in [-0.2, 0) is 17.8 Å². The molecule has 2 heterocycles. The molecule has 1 fully saturated rings. The molecule has 212 valence electrons. The van der Waals surface area contributed by atoms with Gasteiger partial charge in [-0.2, -0.15) is 5.26 Å². The van der Waals surface area contributed by atoms with Crippen molar-refractivity contribution in [2.24, 2.45) is 0 Å². The topological polar surface area (TPSA) is 96.6 Å². The molecule has 4 rings (SSSR count). The van der Waals surface area contributed by atoms with E-state index >= 15 is 0 Å². The Morgan fingerprint density at radius 1 is 1.12 bits per heavy atom. The quantitative estimate of drug-likeness (QED) is 0.239. The Bertz CT molecular complexity index is 1610. The average Bonchev–Trinajstić information content (AvgIpc) is 3.27. The predicted octanol–water partition coefficient (Wildman–Crippen LogP) is 5.68. The average molecular weight is 589 g/mol. The van der Waals surface area contributed by atoms with E-state index in [0.717, 1.165) is 11.1 Å². The van der Waals surface area contributed by atoms with Gasteiger partial charge in [-0.15, -0.1) is 0 Å². The highest BCUT2D eigenvalue weighted by molar-refractivity contribution is 8.26. The Kier molecular flexibility index (Phi) is 9.53. The van der Waals surface area contributed by atoms with E-state index in [1.807, 2.05) is 62.4 Å². The smallest absolute Gasteiger partial charge is 0.270 e. The second kappa shape index (κ2) is 13.1. The Balaban J connectivity index is 1.70. The number of nitrogens with one attached hydrogen (secondary N) is 1. The molecule has 10 heteroatoms. The van der Waals surface area contributed by atoms with E-state index in [9.17, 15) is 14.9 Å². The Morgan fingerprint density at radius 3 is 2.46 bits per heavy atom. The first-order chi connectivity index (χ1) is 19.7. The second-order valence-electron chi connectivity index (χ2n) is 9.43. The van der Waals surface area contributed by atoms with E-state index in [0.29, 0.717) is 57.2 Å². The number of ether oxygens (including phenoxy) is 2. The van der Waals surface area contributed by atoms with E-state index in [-0.39, 0.29) is 23.1 Å². The number of thiocarbonyl (C=S) groups is 1. The number of methoxy groups -OCH3 is 2. The summed E-state index contributed by atoms with van der Waals surface area (Å²) in [5, 5.41) is 13.2. The summed E-state index contributed by atoms with van der Waals surface area (Å²) < 4.78 is 12.8. The molecule has 1 saturated heterocycles. The summed E-state index contributed by atoms with van der Waals surface area (Å²) in [4.78, 5) is 28.9. The maximum atomic E-state index is 13.6. The summed E-state index contributed by atoms with van der Waals surface area (Å²) in [6.45, 7) is 6.37. The van der Waals surface area contributed by atoms with Gasteiger partial charge >= 0.3 is 0 Å². The highest BCUT2D eigenvalue weighted by Gasteiger charge is 2.36. The SMILES string of the molecule is CCn1c(NCCc2ccc(OC)c(OC)c2)c(/C=C2/SC(=S)N(C(C)c3ccccc3)C2=O)c(C)c(C#N)c1=O. The minimum absolute atomic E-state index is 0.0525. The number of anilines is 1. The molecule has 0 saturated carbocycles. The lowest BCUT2D eigenvalue weighted by Crippen LogP contribution is -2.31. The maximum Gasteiger partial charge on any atom is 0.270 e. The number of nitriles is 1. The highest BCUT2D eigenvalue weighted by atomic mass is 32.2. The van der Waals surface area contributed by atoms with Crippen LogP contribution in [0.3, 0.4) is 0 Å². The number of aromatic nitrogens is 1. The van der Waals surface area contributed by atoms with Crippen LogP contribution in [0.1, 0.15) is 47.7 Å². The van der Waals surface area contributed by atoms with E-state index in [2.05, 4.69) is 11.4 Å². The zero-order chi connectivity index (χ0) is 29.7. The molecule has 0 bridgehead atoms. The van der Waals surface area contributed by atoms with Gasteiger partial charge in [-0.05, 0) is 62.1 Å². The van der Waals surface area contributed by atoms with Crippen LogP contribution in [0, 0.1) is 18.3 Å². The van der Waals surface area contributed by atoms with Crippen LogP contribution in [0.25, 0.3) is 6.08 Å². The number of pyridine rings is 1. The van der Waals surface area contributed by atoms with Crippen molar-refractivity contribution in [2.75, 3.05) is 26.1 Å². The van der Waals surface area contributed by atoms with Gasteiger partial charge in [0.1, 0.15) is 21.8 Å². The van der Waals surface area contributed by atoms with Crippen molar-refractivity contribution in [3.63, 3.8) is 0 Å². The lowest BCUT2D eigenvalue weighted by atomic mass is 10.0. The van der Waals surface area contributed by atoms with Gasteiger partial charge in [0.2, 0.25) is 0 Å². The molecule has 8 nitrogen and oxygen atoms in total. The van der Waals surface area contributed by atoms with E-state index < -0.39 is 0 Å². The lowest BCUT2D eigenvalue weighted by Gasteiger charge is -2.23. The van der Waals surface area contributed by atoms with E-state index in [4.69, 9.17) is 21.7 Å². The van der Waals surface area contributed by atoms with Crippen molar-refractivity contribution in [2.45, 2.75) is 39.8 Å². The minimum atomic E-state index is -0.372. The molecular formula is C31H32N4O4S2. The Hall–Kier alpha value is -4.07. The molecule has 1 amide bonds. The number of hydrogen-bond acceptors (Lipinski definition) is 8. The summed E-state index contributed by atoms with van der Waals surface area (Å²) in [5.41, 5.74) is 2.80. The molecule has 41 heavy (non-hydrogen) atoms. The normalized spacial score (nSPS) is 14.7. The van der Waals surface area contributed by atoms with Gasteiger partial charge in [0, 0.05) is 18.7 Å². The third-order valence-corrected chi connectivity index (χ3v) is 8.44. The molecule has 0 radical (unpaired) electrons. The molecule has 3 aromatic rings. The van der Waals surface area contributed by atoms with Crippen molar-refractivity contribution in [3.05, 3.63) is 91.6 Å². The number of thioether (sulfide) groups is 1. The molecule has 1 aliphatic rings. The number of rotatable bonds is 10. The standard InChI is InChI=1S/C31H32N4O4S2/c1-6-34-28(33-15-14-21-12-13-25(38-4)26(16-21)39-5)23(19(2)24(18-32)29(34)36)17-27-30(37)35(31(40)41-27)20(3)22-10-8-7-9-11-22/h7-13,16-17,20,33H,6,14-15H2,1-5H3/b27-17+. The molecule has 2 aromatic carbocycles. The van der Waals surface area contributed by atoms with Gasteiger partial charge in [0.25, 0.3) is 11.5 Å². The van der Waals surface area contributed by atoms with Crippen molar-refractivity contribution in [1.82, 2.24) is 9.47 Å². The maximum absolute atomic E-state index is 13.6. The van der Waals surface area contributed by atoms with Crippen LogP contribution in [-0.4, -0.2) is 40.5 Å². The first-order valence-corrected chi connectivity index (χ1v) is 14.4. The minimum Gasteiger partial charge on any atom is -0.493 e. The first-order valence-electron chi connectivity index (χ1n) is 13.2. The number of carbonyl (C=O) groups is 1. The molecule has 1 atom stereocenters. The predicted molar refractivity (Wildman–Crippen MR) is 167 cm³/mol. The molecule has 0 aliphatic carbocycles. The molecule has 1 unspecified atom stereocenters. The third kappa shape index (κ3) is 6.01. The van der Waals surface area contributed by atoms with Gasteiger partial charge in [-0.3, -0.25) is 19.1 Å². The molecule has 1 aliphatic heterocycles. The van der Waals surface area contributed by atoms with E-state index in [1.165, 1.54) is 11.8 Å². The van der Waals surface area contributed by atoms with Crippen LogP contribution in [0.5, 0.6) is 11.5 Å². The van der Waals surface area contributed by atoms with E-state index in [1.54, 1.807) is 36.7 Å². The zero-order valence-corrected chi connectivity index (χ0v) is 25.3. The van der Waals surface area contributed by atoms with Crippen LogP contribution in [0.4, 0.5) is 5.82 Å². The van der Waals surface area contributed by atoms with Crippen LogP contribution < -0.4 is 20.3 Å². The zero-order valence-electron chi connectivity index (χ0n) is 23.7. The second-order valence-corrected chi connectivity index (χ2v) is 11.1. The molecular weight excluding hydrogens is 556 g/mol. The first kappa shape index (κ1) is 29.9. The Morgan fingerprint density at radius 2 is 1.83 bits per heavy atom. The Labute approximate surface area is 249 Å². The van der Waals surface area contributed by atoms with Gasteiger partial charge < -0.3 is 14.8 Å². The molecule has 0 spiro atoms. The van der Waals surface area contributed by atoms with Crippen LogP contribution >= 0.6 is 24.0 Å². The number of benzene rings is 2. The van der Waals surface area contributed by atoms with Crippen molar-refractivity contribution in [3.8, 4) is 17.6 Å². The summed E-state index contributed by atoms with van der Waals surface area (Å²) in [6.07, 6.45) is 2.38. The fourth-order valence-corrected chi connectivity index (χ4v) is 6.24. The fourth-order valence-electron chi connectivity index (χ4n) is 4.84. The van der Waals surface area contributed by atoms with Crippen molar-refractivity contribution in [1.29, 1.82) is 5.26 Å². The third-order valence-electron chi connectivity index (χ3n) is 7.11. The number of carbonyl (C=O) groups excluding carboxylic acids is 1. The van der Waals surface area contributed by atoms with Crippen molar-refractivity contribution >= 4 is 46.1 Å². The lowest BCUT2D eigenvalue weighted by molar-refractivity contribution is -0.123. The molecule has 1 aromatic heterocycles. The van der Waals surface area contributed by atoms with Crippen molar-refractivity contribution < 1.29 is 14.3 Å². The van der Waals surface area contributed by atoms with Gasteiger partial charge in [0.05, 0.1) is 25.2 Å². The summed E-state index contributed by atoms with van der Waals surface area (Å²) >= 11 is 6.84. The van der Waals surface area contributed by atoms with Gasteiger partial charge in [-0.1, -0.05) is 60.4 Å². The molecule has 1 N–H and O–H groups in total. The monoisotopic (exact) mass is 588 g/mol.